The van der Waals surface area contributed by atoms with Crippen molar-refractivity contribution in [1.29, 1.82) is 0 Å². The average Bonchev–Trinajstić information content (AvgIpc) is 3.06. The summed E-state index contributed by atoms with van der Waals surface area (Å²) in [5.74, 6) is 0. The van der Waals surface area contributed by atoms with Crippen molar-refractivity contribution in [3.05, 3.63) is 66.2 Å². The van der Waals surface area contributed by atoms with Crippen LogP contribution in [0, 0.1) is 6.92 Å². The minimum atomic E-state index is -1.64. The molecule has 4 rings (SSSR count). The highest BCUT2D eigenvalue weighted by Gasteiger charge is 2.38. The second kappa shape index (κ2) is 7.96. The van der Waals surface area contributed by atoms with Gasteiger partial charge in [-0.05, 0) is 41.3 Å². The fourth-order valence-electron chi connectivity index (χ4n) is 4.64. The van der Waals surface area contributed by atoms with E-state index in [1.807, 2.05) is 0 Å². The molecule has 0 N–H and O–H groups in total. The van der Waals surface area contributed by atoms with Gasteiger partial charge in [0.15, 0.2) is 0 Å². The van der Waals surface area contributed by atoms with E-state index in [-0.39, 0.29) is 0 Å². The molecule has 0 saturated carbocycles. The Bertz CT molecular complexity index is 1270. The molecule has 0 aliphatic heterocycles. The van der Waals surface area contributed by atoms with Crippen molar-refractivity contribution < 1.29 is 0 Å². The van der Waals surface area contributed by atoms with E-state index >= 15 is 0 Å². The molecule has 4 aromatic rings. The molecule has 0 saturated heterocycles. The molecule has 0 aliphatic rings. The molecule has 0 amide bonds. The number of aryl methyl sites for hydroxylation is 1. The number of fused-ring (bicyclic) bond motifs is 3. The van der Waals surface area contributed by atoms with Gasteiger partial charge in [0.05, 0.1) is 27.2 Å². The summed E-state index contributed by atoms with van der Waals surface area (Å²) < 4.78 is 2.47. The summed E-state index contributed by atoms with van der Waals surface area (Å²) in [5, 5.41) is 6.52. The zero-order valence-electron chi connectivity index (χ0n) is 23.2. The lowest BCUT2D eigenvalue weighted by atomic mass is 10.1. The maximum absolute atomic E-state index is 2.54. The fraction of sp³-hybridized carbons (Fsp3) is 0.419. The van der Waals surface area contributed by atoms with E-state index < -0.39 is 16.1 Å². The van der Waals surface area contributed by atoms with Crippen molar-refractivity contribution in [3.8, 4) is 5.69 Å². The van der Waals surface area contributed by atoms with Gasteiger partial charge in [-0.2, -0.15) is 0 Å². The number of benzene rings is 3. The lowest BCUT2D eigenvalue weighted by Gasteiger charge is -2.37. The monoisotopic (exact) mass is 485 g/mol. The minimum Gasteiger partial charge on any atom is -0.309 e. The fourth-order valence-corrected chi connectivity index (χ4v) is 8.38. The summed E-state index contributed by atoms with van der Waals surface area (Å²) in [6.07, 6.45) is 0. The zero-order valence-corrected chi connectivity index (χ0v) is 25.2. The normalized spacial score (nSPS) is 13.7. The predicted molar refractivity (Wildman–Crippen MR) is 159 cm³/mol. The summed E-state index contributed by atoms with van der Waals surface area (Å²) in [4.78, 5) is 0. The third-order valence-corrected chi connectivity index (χ3v) is 20.3. The first kappa shape index (κ1) is 25.0. The quantitative estimate of drug-likeness (QED) is 0.256. The highest BCUT2D eigenvalue weighted by Crippen LogP contribution is 2.39. The summed E-state index contributed by atoms with van der Waals surface area (Å²) in [6.45, 7) is 26.7. The largest absolute Gasteiger partial charge is 0.309 e. The third-order valence-electron chi connectivity index (χ3n) is 9.25. The molecular formula is C31H43NSi2. The van der Waals surface area contributed by atoms with Crippen LogP contribution in [0.2, 0.25) is 36.3 Å². The smallest absolute Gasteiger partial charge is 0.0859 e. The molecule has 0 unspecified atom stereocenters. The SMILES string of the molecule is Cc1ccc(-n2c3ccc([Si](C)(C)C(C)(C)C)cc3c3cc([Si](C)(C)C(C)(C)C)ccc32)cc1. The van der Waals surface area contributed by atoms with Gasteiger partial charge in [-0.25, -0.2) is 0 Å². The Balaban J connectivity index is 2.09. The van der Waals surface area contributed by atoms with Crippen LogP contribution in [0.15, 0.2) is 60.7 Å². The Kier molecular flexibility index (Phi) is 5.85. The van der Waals surface area contributed by atoms with Gasteiger partial charge in [0, 0.05) is 16.5 Å². The van der Waals surface area contributed by atoms with Gasteiger partial charge < -0.3 is 4.57 Å². The second-order valence-electron chi connectivity index (χ2n) is 13.4. The highest BCUT2D eigenvalue weighted by molar-refractivity contribution is 6.92. The average molecular weight is 486 g/mol. The molecule has 0 radical (unpaired) electrons. The number of aromatic nitrogens is 1. The molecule has 34 heavy (non-hydrogen) atoms. The van der Waals surface area contributed by atoms with Crippen LogP contribution in [0.25, 0.3) is 27.5 Å². The van der Waals surface area contributed by atoms with Crippen molar-refractivity contribution in [3.63, 3.8) is 0 Å². The standard InChI is InChI=1S/C31H43NSi2/c1-22-12-14-23(15-13-22)32-28-18-16-24(33(8,9)30(2,3)4)20-26(28)27-21-25(17-19-29(27)32)34(10,11)31(5,6)7/h12-21H,1-11H3. The van der Waals surface area contributed by atoms with Crippen LogP contribution >= 0.6 is 0 Å². The van der Waals surface area contributed by atoms with E-state index in [0.717, 1.165) is 0 Å². The maximum Gasteiger partial charge on any atom is 0.0859 e. The van der Waals surface area contributed by atoms with Crippen LogP contribution < -0.4 is 10.4 Å². The molecule has 0 fully saturated rings. The Morgan fingerprint density at radius 1 is 0.559 bits per heavy atom. The first-order valence-electron chi connectivity index (χ1n) is 12.7. The maximum atomic E-state index is 2.54. The summed E-state index contributed by atoms with van der Waals surface area (Å²) in [6, 6.07) is 23.6. The Morgan fingerprint density at radius 3 is 1.29 bits per heavy atom. The van der Waals surface area contributed by atoms with Crippen LogP contribution in [0.5, 0.6) is 0 Å². The zero-order chi connectivity index (χ0) is 25.3. The third kappa shape index (κ3) is 3.91. The van der Waals surface area contributed by atoms with Crippen LogP contribution in [0.4, 0.5) is 0 Å². The van der Waals surface area contributed by atoms with Gasteiger partial charge in [0.25, 0.3) is 0 Å². The summed E-state index contributed by atoms with van der Waals surface area (Å²) in [7, 11) is -3.29. The molecule has 0 spiro atoms. The Morgan fingerprint density at radius 2 is 0.941 bits per heavy atom. The number of hydrogen-bond acceptors (Lipinski definition) is 0. The molecule has 0 atom stereocenters. The lowest BCUT2D eigenvalue weighted by molar-refractivity contribution is 0.729. The van der Waals surface area contributed by atoms with E-state index in [0.29, 0.717) is 10.1 Å². The van der Waals surface area contributed by atoms with E-state index in [4.69, 9.17) is 0 Å². The first-order chi connectivity index (χ1) is 15.6. The van der Waals surface area contributed by atoms with E-state index in [9.17, 15) is 0 Å². The molecule has 0 bridgehead atoms. The lowest BCUT2D eigenvalue weighted by Crippen LogP contribution is -2.49. The number of hydrogen-bond donors (Lipinski definition) is 0. The van der Waals surface area contributed by atoms with Crippen molar-refractivity contribution in [2.75, 3.05) is 0 Å². The van der Waals surface area contributed by atoms with Gasteiger partial charge in [0.1, 0.15) is 0 Å². The second-order valence-corrected chi connectivity index (χ2v) is 24.0. The van der Waals surface area contributed by atoms with Gasteiger partial charge in [-0.1, -0.05) is 120 Å². The molecular weight excluding hydrogens is 443 g/mol. The van der Waals surface area contributed by atoms with E-state index in [2.05, 4.69) is 140 Å². The predicted octanol–water partition coefficient (Wildman–Crippen LogP) is 8.52. The van der Waals surface area contributed by atoms with Crippen LogP contribution in [-0.2, 0) is 0 Å². The number of rotatable bonds is 3. The molecule has 1 heterocycles. The van der Waals surface area contributed by atoms with Crippen LogP contribution in [0.1, 0.15) is 47.1 Å². The molecule has 3 aromatic carbocycles. The van der Waals surface area contributed by atoms with E-state index in [1.165, 1.54) is 33.1 Å². The van der Waals surface area contributed by atoms with Crippen LogP contribution in [-0.4, -0.2) is 20.7 Å². The first-order valence-corrected chi connectivity index (χ1v) is 18.7. The molecule has 1 aromatic heterocycles. The van der Waals surface area contributed by atoms with Crippen molar-refractivity contribution >= 4 is 48.3 Å². The minimum absolute atomic E-state index is 0.308. The Labute approximate surface area is 209 Å². The molecule has 0 aliphatic carbocycles. The van der Waals surface area contributed by atoms with Crippen molar-refractivity contribution in [1.82, 2.24) is 4.57 Å². The highest BCUT2D eigenvalue weighted by atomic mass is 28.3. The molecule has 1 nitrogen and oxygen atoms in total. The topological polar surface area (TPSA) is 4.93 Å². The molecule has 180 valence electrons. The van der Waals surface area contributed by atoms with Gasteiger partial charge in [0.2, 0.25) is 0 Å². The van der Waals surface area contributed by atoms with E-state index in [1.54, 1.807) is 10.4 Å². The summed E-state index contributed by atoms with van der Waals surface area (Å²) in [5.41, 5.74) is 5.16. The van der Waals surface area contributed by atoms with Gasteiger partial charge in [-0.3, -0.25) is 0 Å². The Hall–Kier alpha value is -2.11. The summed E-state index contributed by atoms with van der Waals surface area (Å²) >= 11 is 0. The van der Waals surface area contributed by atoms with Crippen molar-refractivity contribution in [2.24, 2.45) is 0 Å². The van der Waals surface area contributed by atoms with Gasteiger partial charge in [-0.15, -0.1) is 0 Å². The van der Waals surface area contributed by atoms with Crippen molar-refractivity contribution in [2.45, 2.75) is 84.7 Å². The number of nitrogens with zero attached hydrogens (tertiary/aromatic N) is 1. The molecule has 3 heteroatoms. The van der Waals surface area contributed by atoms with Gasteiger partial charge >= 0.3 is 0 Å². The van der Waals surface area contributed by atoms with Crippen LogP contribution in [0.3, 0.4) is 0 Å².